The van der Waals surface area contributed by atoms with Gasteiger partial charge in [0.1, 0.15) is 0 Å². The number of nitrogens with zero attached hydrogens (tertiary/aromatic N) is 2. The maximum absolute atomic E-state index is 12.9. The maximum Gasteiger partial charge on any atom is 0.0720 e. The van der Waals surface area contributed by atoms with Gasteiger partial charge in [-0.15, -0.1) is 0 Å². The first-order valence-corrected chi connectivity index (χ1v) is 10.2. The quantitative estimate of drug-likeness (QED) is 0.559. The van der Waals surface area contributed by atoms with Gasteiger partial charge in [0.05, 0.1) is 36.2 Å². The molecule has 0 bridgehead atoms. The van der Waals surface area contributed by atoms with Crippen LogP contribution in [0.2, 0.25) is 0 Å². The molecule has 0 aliphatic rings. The van der Waals surface area contributed by atoms with Crippen molar-refractivity contribution in [2.24, 2.45) is 11.8 Å². The first kappa shape index (κ1) is 23.1. The van der Waals surface area contributed by atoms with Crippen LogP contribution in [0, 0.1) is 34.5 Å². The number of hydrogen-bond acceptors (Lipinski definition) is 5. The minimum atomic E-state index is -1.22. The number of nitriles is 2. The van der Waals surface area contributed by atoms with Gasteiger partial charge in [-0.3, -0.25) is 4.21 Å². The summed E-state index contributed by atoms with van der Waals surface area (Å²) in [4.78, 5) is 0. The summed E-state index contributed by atoms with van der Waals surface area (Å²) in [5.74, 6) is -0.880. The topological polar surface area (TPSA) is 105 Å². The summed E-state index contributed by atoms with van der Waals surface area (Å²) in [6, 6.07) is 4.20. The molecule has 24 heavy (non-hydrogen) atoms. The van der Waals surface area contributed by atoms with Gasteiger partial charge in [0.2, 0.25) is 0 Å². The van der Waals surface area contributed by atoms with Crippen molar-refractivity contribution in [1.82, 2.24) is 0 Å². The molecule has 0 fully saturated rings. The molecule has 0 heterocycles. The van der Waals surface area contributed by atoms with Gasteiger partial charge in [0.15, 0.2) is 0 Å². The van der Waals surface area contributed by atoms with E-state index in [0.29, 0.717) is 38.5 Å². The lowest BCUT2D eigenvalue weighted by atomic mass is 9.96. The molecule has 0 spiro atoms. The van der Waals surface area contributed by atoms with Gasteiger partial charge >= 0.3 is 0 Å². The van der Waals surface area contributed by atoms with E-state index in [1.807, 2.05) is 27.7 Å². The lowest BCUT2D eigenvalue weighted by Crippen LogP contribution is -2.34. The lowest BCUT2D eigenvalue weighted by molar-refractivity contribution is 0.118. The van der Waals surface area contributed by atoms with E-state index in [9.17, 15) is 14.4 Å². The molecule has 0 aliphatic heterocycles. The Morgan fingerprint density at radius 2 is 1.12 bits per heavy atom. The molecule has 0 aromatic rings. The van der Waals surface area contributed by atoms with Gasteiger partial charge in [0, 0.05) is 21.3 Å². The highest BCUT2D eigenvalue weighted by atomic mass is 32.2. The lowest BCUT2D eigenvalue weighted by Gasteiger charge is -2.27. The van der Waals surface area contributed by atoms with Gasteiger partial charge in [-0.2, -0.15) is 10.5 Å². The highest BCUT2D eigenvalue weighted by molar-refractivity contribution is 7.86. The van der Waals surface area contributed by atoms with Crippen LogP contribution in [0.25, 0.3) is 0 Å². The third-order valence-corrected chi connectivity index (χ3v) is 7.08. The molecule has 0 amide bonds. The van der Waals surface area contributed by atoms with Gasteiger partial charge in [-0.05, 0) is 38.5 Å². The Labute approximate surface area is 149 Å². The minimum absolute atomic E-state index is 0.207. The molecule has 6 atom stereocenters. The van der Waals surface area contributed by atoms with Crippen LogP contribution >= 0.6 is 0 Å². The van der Waals surface area contributed by atoms with Gasteiger partial charge in [-0.25, -0.2) is 0 Å². The van der Waals surface area contributed by atoms with E-state index in [-0.39, 0.29) is 10.5 Å². The number of aliphatic hydroxyl groups is 2. The zero-order valence-electron chi connectivity index (χ0n) is 15.3. The summed E-state index contributed by atoms with van der Waals surface area (Å²) in [6.07, 6.45) is 1.53. The van der Waals surface area contributed by atoms with E-state index in [1.165, 1.54) is 0 Å². The van der Waals surface area contributed by atoms with Gasteiger partial charge in [-0.1, -0.05) is 27.7 Å². The highest BCUT2D eigenvalue weighted by Gasteiger charge is 2.30. The Morgan fingerprint density at radius 1 is 0.792 bits per heavy atom. The molecule has 0 rings (SSSR count). The molecular weight excluding hydrogens is 324 g/mol. The van der Waals surface area contributed by atoms with Crippen LogP contribution in [0.5, 0.6) is 0 Å². The summed E-state index contributed by atoms with van der Waals surface area (Å²) < 4.78 is 12.9. The Balaban J connectivity index is 4.96. The Kier molecular flexibility index (Phi) is 11.9. The maximum atomic E-state index is 12.9. The van der Waals surface area contributed by atoms with E-state index in [1.54, 1.807) is 0 Å². The van der Waals surface area contributed by atoms with Crippen molar-refractivity contribution in [3.8, 4) is 12.1 Å². The number of hydrogen-bond donors (Lipinski definition) is 2. The van der Waals surface area contributed by atoms with Crippen molar-refractivity contribution in [3.05, 3.63) is 0 Å². The van der Waals surface area contributed by atoms with E-state index >= 15 is 0 Å². The molecule has 5 nitrogen and oxygen atoms in total. The third kappa shape index (κ3) is 6.89. The molecule has 6 unspecified atom stereocenters. The summed E-state index contributed by atoms with van der Waals surface area (Å²) in [5, 5.41) is 38.1. The van der Waals surface area contributed by atoms with Crippen molar-refractivity contribution >= 4 is 10.8 Å². The van der Waals surface area contributed by atoms with E-state index in [4.69, 9.17) is 10.5 Å². The summed E-state index contributed by atoms with van der Waals surface area (Å²) in [6.45, 7) is 7.56. The molecular formula is C18H32N2O3S. The second kappa shape index (κ2) is 12.4. The Bertz CT molecular complexity index is 418. The van der Waals surface area contributed by atoms with Crippen molar-refractivity contribution in [2.45, 2.75) is 88.9 Å². The zero-order valence-corrected chi connectivity index (χ0v) is 16.1. The Hall–Kier alpha value is -0.950. The zero-order chi connectivity index (χ0) is 18.7. The molecule has 0 radical (unpaired) electrons. The van der Waals surface area contributed by atoms with Crippen LogP contribution < -0.4 is 0 Å². The second-order valence-electron chi connectivity index (χ2n) is 6.28. The van der Waals surface area contributed by atoms with Crippen molar-refractivity contribution in [2.75, 3.05) is 0 Å². The molecule has 138 valence electrons. The van der Waals surface area contributed by atoms with Crippen molar-refractivity contribution < 1.29 is 14.4 Å². The third-order valence-electron chi connectivity index (χ3n) is 4.72. The van der Waals surface area contributed by atoms with Crippen LogP contribution in [-0.2, 0) is 10.8 Å². The molecule has 0 aromatic carbocycles. The first-order valence-electron chi connectivity index (χ1n) is 8.94. The SMILES string of the molecule is CCC(C#N)C(O)CC(CC)S(=O)C(CC)CC(O)C(C#N)CC. The fourth-order valence-electron chi connectivity index (χ4n) is 2.89. The van der Waals surface area contributed by atoms with E-state index in [2.05, 4.69) is 12.1 Å². The summed E-state index contributed by atoms with van der Waals surface area (Å²) in [5.41, 5.74) is 0. The van der Waals surface area contributed by atoms with Crippen molar-refractivity contribution in [1.29, 1.82) is 10.5 Å². The van der Waals surface area contributed by atoms with Crippen LogP contribution in [-0.4, -0.2) is 37.1 Å². The average molecular weight is 357 g/mol. The average Bonchev–Trinajstić information content (AvgIpc) is 2.59. The van der Waals surface area contributed by atoms with Crippen LogP contribution in [0.15, 0.2) is 0 Å². The monoisotopic (exact) mass is 356 g/mol. The smallest absolute Gasteiger partial charge is 0.0720 e. The second-order valence-corrected chi connectivity index (χ2v) is 8.27. The fraction of sp³-hybridized carbons (Fsp3) is 0.889. The number of rotatable bonds is 12. The minimum Gasteiger partial charge on any atom is -0.392 e. The summed E-state index contributed by atoms with van der Waals surface area (Å²) in [7, 11) is -1.22. The van der Waals surface area contributed by atoms with E-state index in [0.717, 1.165) is 0 Å². The largest absolute Gasteiger partial charge is 0.392 e. The molecule has 2 N–H and O–H groups in total. The van der Waals surface area contributed by atoms with Crippen LogP contribution in [0.1, 0.15) is 66.2 Å². The van der Waals surface area contributed by atoms with Crippen LogP contribution in [0.4, 0.5) is 0 Å². The molecule has 0 aliphatic carbocycles. The first-order chi connectivity index (χ1) is 11.4. The predicted molar refractivity (Wildman–Crippen MR) is 96.3 cm³/mol. The van der Waals surface area contributed by atoms with Crippen molar-refractivity contribution in [3.63, 3.8) is 0 Å². The highest BCUT2D eigenvalue weighted by Crippen LogP contribution is 2.24. The summed E-state index contributed by atoms with van der Waals surface area (Å²) >= 11 is 0. The molecule has 0 saturated carbocycles. The molecule has 0 aromatic heterocycles. The van der Waals surface area contributed by atoms with Gasteiger partial charge in [0.25, 0.3) is 0 Å². The fourth-order valence-corrected chi connectivity index (χ4v) is 4.86. The molecule has 0 saturated heterocycles. The standard InChI is InChI=1S/C18H32N2O3S/c1-5-13(11-19)17(21)9-15(7-3)24(23)16(8-4)10-18(22)14(6-2)12-20/h13-18,21-22H,5-10H2,1-4H3. The van der Waals surface area contributed by atoms with E-state index < -0.39 is 34.8 Å². The van der Waals surface area contributed by atoms with Gasteiger partial charge < -0.3 is 10.2 Å². The number of aliphatic hydroxyl groups excluding tert-OH is 2. The van der Waals surface area contributed by atoms with Crippen LogP contribution in [0.3, 0.4) is 0 Å². The molecule has 6 heteroatoms. The Morgan fingerprint density at radius 3 is 1.33 bits per heavy atom. The predicted octanol–water partition coefficient (Wildman–Crippen LogP) is 2.89. The normalized spacial score (nSPS) is 20.0.